The zero-order valence-electron chi connectivity index (χ0n) is 18.2. The largest absolute Gasteiger partial charge is 0.497 e. The van der Waals surface area contributed by atoms with Gasteiger partial charge in [0, 0.05) is 27.7 Å². The molecule has 0 fully saturated rings. The molecule has 0 amide bonds. The molecule has 0 unspecified atom stereocenters. The summed E-state index contributed by atoms with van der Waals surface area (Å²) >= 11 is 1.58. The summed E-state index contributed by atoms with van der Waals surface area (Å²) in [5, 5.41) is 12.7. The Morgan fingerprint density at radius 2 is 1.80 bits per heavy atom. The van der Waals surface area contributed by atoms with Crippen LogP contribution >= 0.6 is 11.3 Å². The quantitative estimate of drug-likeness (QED) is 0.471. The average Bonchev–Trinajstić information content (AvgIpc) is 3.16. The molecule has 0 radical (unpaired) electrons. The van der Waals surface area contributed by atoms with E-state index in [1.807, 2.05) is 61.5 Å². The minimum atomic E-state index is -0.385. The van der Waals surface area contributed by atoms with Crippen molar-refractivity contribution in [3.63, 3.8) is 0 Å². The van der Waals surface area contributed by atoms with Gasteiger partial charge in [-0.15, -0.1) is 11.3 Å². The summed E-state index contributed by atoms with van der Waals surface area (Å²) in [6.45, 7) is 9.01. The van der Waals surface area contributed by atoms with E-state index in [1.165, 1.54) is 5.69 Å². The van der Waals surface area contributed by atoms with E-state index >= 15 is 0 Å². The second-order valence-electron chi connectivity index (χ2n) is 8.22. The fraction of sp³-hybridized carbons (Fsp3) is 0.333. The van der Waals surface area contributed by atoms with Crippen LogP contribution in [0.5, 0.6) is 5.75 Å². The van der Waals surface area contributed by atoms with Gasteiger partial charge >= 0.3 is 5.90 Å². The lowest BCUT2D eigenvalue weighted by molar-refractivity contribution is -0.486. The van der Waals surface area contributed by atoms with Crippen molar-refractivity contribution in [2.45, 2.75) is 45.7 Å². The first-order valence-corrected chi connectivity index (χ1v) is 10.9. The Balaban J connectivity index is 1.97. The molecule has 3 aromatic rings. The minimum absolute atomic E-state index is 0.0508. The predicted molar refractivity (Wildman–Crippen MR) is 123 cm³/mol. The number of rotatable bonds is 6. The summed E-state index contributed by atoms with van der Waals surface area (Å²) < 4.78 is 7.46. The van der Waals surface area contributed by atoms with Gasteiger partial charge in [0.2, 0.25) is 0 Å². The van der Waals surface area contributed by atoms with E-state index in [4.69, 9.17) is 9.73 Å². The molecule has 0 aliphatic heterocycles. The Bertz CT molecular complexity index is 1060. The van der Waals surface area contributed by atoms with Crippen LogP contribution < -0.4 is 14.5 Å². The molecule has 0 spiro atoms. The minimum Gasteiger partial charge on any atom is -0.497 e. The van der Waals surface area contributed by atoms with Crippen molar-refractivity contribution in [1.82, 2.24) is 4.57 Å². The highest BCUT2D eigenvalue weighted by atomic mass is 32.1. The molecule has 1 heterocycles. The Morgan fingerprint density at radius 1 is 1.13 bits per heavy atom. The number of ether oxygens (including phenoxy) is 1. The average molecular weight is 425 g/mol. The number of aromatic nitrogens is 1. The lowest BCUT2D eigenvalue weighted by Gasteiger charge is -2.21. The van der Waals surface area contributed by atoms with Gasteiger partial charge in [-0.1, -0.05) is 51.1 Å². The maximum atomic E-state index is 10.5. The van der Waals surface area contributed by atoms with Crippen LogP contribution in [-0.4, -0.2) is 28.7 Å². The van der Waals surface area contributed by atoms with Crippen molar-refractivity contribution < 1.29 is 14.8 Å². The number of hydrogen-bond donors (Lipinski definition) is 2. The number of aliphatic hydroxyl groups is 1. The maximum Gasteiger partial charge on any atom is 0.357 e. The summed E-state index contributed by atoms with van der Waals surface area (Å²) in [6.07, 6.45) is 0. The molecule has 2 N–H and O–H groups in total. The second-order valence-corrected chi connectivity index (χ2v) is 9.05. The van der Waals surface area contributed by atoms with Crippen molar-refractivity contribution in [2.75, 3.05) is 7.11 Å². The smallest absolute Gasteiger partial charge is 0.357 e. The third-order valence-corrected chi connectivity index (χ3v) is 5.66. The molecule has 0 saturated carbocycles. The van der Waals surface area contributed by atoms with Gasteiger partial charge in [-0.05, 0) is 31.2 Å². The summed E-state index contributed by atoms with van der Waals surface area (Å²) in [5.41, 5.74) is 3.24. The van der Waals surface area contributed by atoms with Crippen LogP contribution in [-0.2, 0) is 12.0 Å². The molecule has 1 atom stereocenters. The molecule has 0 aliphatic rings. The summed E-state index contributed by atoms with van der Waals surface area (Å²) in [7, 11) is 1.66. The maximum absolute atomic E-state index is 10.5. The fourth-order valence-electron chi connectivity index (χ4n) is 3.06. The summed E-state index contributed by atoms with van der Waals surface area (Å²) in [4.78, 5) is 8.75. The van der Waals surface area contributed by atoms with Gasteiger partial charge in [-0.2, -0.15) is 0 Å². The van der Waals surface area contributed by atoms with Crippen LogP contribution in [0.1, 0.15) is 39.0 Å². The SMILES string of the molecule is COc1ccc(-n2c(C(C)(C)C)csc2=N[C@@H](C)C(O)=[NH+]Cc2ccccc2)cc1. The summed E-state index contributed by atoms with van der Waals surface area (Å²) in [6, 6.07) is 17.6. The van der Waals surface area contributed by atoms with E-state index in [0.29, 0.717) is 6.54 Å². The Labute approximate surface area is 182 Å². The van der Waals surface area contributed by atoms with Crippen molar-refractivity contribution in [1.29, 1.82) is 0 Å². The number of nitrogens with zero attached hydrogens (tertiary/aromatic N) is 2. The number of nitrogens with one attached hydrogen (secondary N) is 1. The molecular formula is C24H30N3O2S+. The van der Waals surface area contributed by atoms with E-state index in [0.717, 1.165) is 21.8 Å². The number of aliphatic hydroxyl groups excluding tert-OH is 1. The van der Waals surface area contributed by atoms with E-state index in [9.17, 15) is 5.11 Å². The highest BCUT2D eigenvalue weighted by Gasteiger charge is 2.22. The van der Waals surface area contributed by atoms with Gasteiger partial charge in [-0.3, -0.25) is 4.57 Å². The molecule has 6 heteroatoms. The predicted octanol–water partition coefficient (Wildman–Crippen LogP) is 3.37. The van der Waals surface area contributed by atoms with Crippen LogP contribution in [0.3, 0.4) is 0 Å². The van der Waals surface area contributed by atoms with Crippen molar-refractivity contribution in [2.24, 2.45) is 4.99 Å². The molecular weight excluding hydrogens is 394 g/mol. The molecule has 3 rings (SSSR count). The Morgan fingerprint density at radius 3 is 2.40 bits per heavy atom. The van der Waals surface area contributed by atoms with Gasteiger partial charge in [0.15, 0.2) is 17.4 Å². The van der Waals surface area contributed by atoms with Gasteiger partial charge in [0.1, 0.15) is 5.75 Å². The third-order valence-electron chi connectivity index (χ3n) is 4.82. The Kier molecular flexibility index (Phi) is 6.77. The van der Waals surface area contributed by atoms with Crippen LogP contribution in [0.25, 0.3) is 5.69 Å². The lowest BCUT2D eigenvalue weighted by atomic mass is 9.93. The topological polar surface area (TPSA) is 60.7 Å². The third kappa shape index (κ3) is 5.19. The zero-order chi connectivity index (χ0) is 21.7. The first-order chi connectivity index (χ1) is 14.3. The molecule has 2 aromatic carbocycles. The standard InChI is InChI=1S/C24H29N3O2S/c1-17(22(28)25-15-18-9-7-6-8-10-18)26-23-27(21(16-30-23)24(2,3)4)19-11-13-20(29-5)14-12-19/h6-14,16-17H,15H2,1-5H3,(H,25,28)/p+1/t17-/m0/s1. The van der Waals surface area contributed by atoms with Gasteiger partial charge in [0.05, 0.1) is 7.11 Å². The van der Waals surface area contributed by atoms with E-state index in [1.54, 1.807) is 18.4 Å². The molecule has 0 aliphatic carbocycles. The van der Waals surface area contributed by atoms with Crippen LogP contribution in [0, 0.1) is 0 Å². The van der Waals surface area contributed by atoms with E-state index in [-0.39, 0.29) is 17.4 Å². The second kappa shape index (κ2) is 9.30. The number of thiazole rings is 1. The van der Waals surface area contributed by atoms with Crippen LogP contribution in [0.2, 0.25) is 0 Å². The van der Waals surface area contributed by atoms with Crippen LogP contribution in [0.15, 0.2) is 65.0 Å². The highest BCUT2D eigenvalue weighted by molar-refractivity contribution is 7.07. The first kappa shape index (κ1) is 21.8. The van der Waals surface area contributed by atoms with Crippen LogP contribution in [0.4, 0.5) is 0 Å². The van der Waals surface area contributed by atoms with Gasteiger partial charge in [0.25, 0.3) is 0 Å². The molecule has 0 saturated heterocycles. The van der Waals surface area contributed by atoms with Gasteiger partial charge < -0.3 is 9.84 Å². The number of methoxy groups -OCH3 is 1. The lowest BCUT2D eigenvalue weighted by Crippen LogP contribution is -2.73. The molecule has 158 valence electrons. The van der Waals surface area contributed by atoms with Crippen molar-refractivity contribution in [3.05, 3.63) is 76.0 Å². The normalized spacial score (nSPS) is 14.0. The highest BCUT2D eigenvalue weighted by Crippen LogP contribution is 2.26. The van der Waals surface area contributed by atoms with Crippen molar-refractivity contribution >= 4 is 17.2 Å². The molecule has 5 nitrogen and oxygen atoms in total. The number of benzene rings is 2. The molecule has 1 aromatic heterocycles. The Hall–Kier alpha value is -2.86. The van der Waals surface area contributed by atoms with E-state index in [2.05, 4.69) is 35.7 Å². The monoisotopic (exact) mass is 424 g/mol. The zero-order valence-corrected chi connectivity index (χ0v) is 19.0. The van der Waals surface area contributed by atoms with Crippen molar-refractivity contribution in [3.8, 4) is 11.4 Å². The molecule has 0 bridgehead atoms. The van der Waals surface area contributed by atoms with Gasteiger partial charge in [-0.25, -0.2) is 9.98 Å². The fourth-order valence-corrected chi connectivity index (χ4v) is 4.27. The van der Waals surface area contributed by atoms with E-state index < -0.39 is 0 Å². The summed E-state index contributed by atoms with van der Waals surface area (Å²) in [5.74, 6) is 0.973. The first-order valence-electron chi connectivity index (χ1n) is 10.0. The number of hydrogen-bond acceptors (Lipinski definition) is 3. The molecule has 30 heavy (non-hydrogen) atoms.